The van der Waals surface area contributed by atoms with Gasteiger partial charge in [0.05, 0.1) is 17.7 Å². The van der Waals surface area contributed by atoms with E-state index in [4.69, 9.17) is 4.74 Å². The number of rotatable bonds is 7. The summed E-state index contributed by atoms with van der Waals surface area (Å²) in [4.78, 5) is 52.7. The second kappa shape index (κ2) is 9.25. The maximum atomic E-state index is 13.0. The van der Waals surface area contributed by atoms with E-state index in [1.807, 2.05) is 6.07 Å². The number of nitrogens with zero attached hydrogens (tertiary/aromatic N) is 2. The van der Waals surface area contributed by atoms with Gasteiger partial charge in [-0.25, -0.2) is 0 Å². The zero-order valence-corrected chi connectivity index (χ0v) is 17.7. The van der Waals surface area contributed by atoms with Gasteiger partial charge >= 0.3 is 0 Å². The molecule has 4 amide bonds. The minimum atomic E-state index is -0.932. The maximum Gasteiger partial charge on any atom is 0.262 e. The highest BCUT2D eigenvalue weighted by Crippen LogP contribution is 2.29. The Kier molecular flexibility index (Phi) is 6.45. The fourth-order valence-electron chi connectivity index (χ4n) is 4.54. The molecule has 3 aliphatic rings. The largest absolute Gasteiger partial charge is 0.383 e. The Morgan fingerprint density at radius 3 is 2.52 bits per heavy atom. The van der Waals surface area contributed by atoms with Crippen LogP contribution in [-0.2, 0) is 20.9 Å². The van der Waals surface area contributed by atoms with Gasteiger partial charge in [-0.05, 0) is 50.0 Å². The minimum Gasteiger partial charge on any atom is -0.383 e. The van der Waals surface area contributed by atoms with Gasteiger partial charge in [0.1, 0.15) is 6.04 Å². The molecule has 2 saturated heterocycles. The van der Waals surface area contributed by atoms with Gasteiger partial charge in [-0.1, -0.05) is 6.07 Å². The zero-order valence-electron chi connectivity index (χ0n) is 17.7. The standard InChI is InChI=1S/C22H28N4O5/c1-31-11-8-23-15-6-9-25(10-7-15)13-14-2-3-16-17(12-14)22(30)26(21(16)29)18-4-5-19(27)24-20(18)28/h2-3,12,15,18,23H,4-11,13H2,1H3,(H,24,27,28). The fourth-order valence-corrected chi connectivity index (χ4v) is 4.54. The monoisotopic (exact) mass is 428 g/mol. The third-order valence-corrected chi connectivity index (χ3v) is 6.24. The molecule has 3 heterocycles. The summed E-state index contributed by atoms with van der Waals surface area (Å²) in [6.07, 6.45) is 2.38. The Morgan fingerprint density at radius 2 is 1.81 bits per heavy atom. The fraction of sp³-hybridized carbons (Fsp3) is 0.545. The molecule has 9 heteroatoms. The maximum absolute atomic E-state index is 13.0. The van der Waals surface area contributed by atoms with Crippen molar-refractivity contribution < 1.29 is 23.9 Å². The van der Waals surface area contributed by atoms with Gasteiger partial charge in [-0.15, -0.1) is 0 Å². The van der Waals surface area contributed by atoms with Crippen LogP contribution in [0.4, 0.5) is 0 Å². The molecule has 0 radical (unpaired) electrons. The highest BCUT2D eigenvalue weighted by Gasteiger charge is 2.44. The molecule has 2 N–H and O–H groups in total. The van der Waals surface area contributed by atoms with E-state index in [1.165, 1.54) is 0 Å². The third kappa shape index (κ3) is 4.53. The molecule has 0 saturated carbocycles. The van der Waals surface area contributed by atoms with Crippen molar-refractivity contribution in [2.75, 3.05) is 33.4 Å². The second-order valence-electron chi connectivity index (χ2n) is 8.32. The summed E-state index contributed by atoms with van der Waals surface area (Å²) in [6, 6.07) is 4.88. The molecule has 1 unspecified atom stereocenters. The lowest BCUT2D eigenvalue weighted by Gasteiger charge is -2.32. The number of fused-ring (bicyclic) bond motifs is 1. The number of piperidine rings is 2. The molecule has 0 aromatic heterocycles. The van der Waals surface area contributed by atoms with Crippen molar-refractivity contribution in [3.05, 3.63) is 34.9 Å². The van der Waals surface area contributed by atoms with Gasteiger partial charge < -0.3 is 10.1 Å². The molecular weight excluding hydrogens is 400 g/mol. The first-order valence-electron chi connectivity index (χ1n) is 10.8. The molecule has 4 rings (SSSR count). The highest BCUT2D eigenvalue weighted by atomic mass is 16.5. The smallest absolute Gasteiger partial charge is 0.262 e. The van der Waals surface area contributed by atoms with Crippen molar-refractivity contribution in [3.63, 3.8) is 0 Å². The Labute approximate surface area is 181 Å². The molecule has 0 bridgehead atoms. The number of nitrogens with one attached hydrogen (secondary N) is 2. The van der Waals surface area contributed by atoms with Crippen molar-refractivity contribution in [3.8, 4) is 0 Å². The highest BCUT2D eigenvalue weighted by molar-refractivity contribution is 6.23. The minimum absolute atomic E-state index is 0.116. The van der Waals surface area contributed by atoms with Crippen LogP contribution in [0, 0.1) is 0 Å². The van der Waals surface area contributed by atoms with Crippen LogP contribution in [0.15, 0.2) is 18.2 Å². The average Bonchev–Trinajstić information content (AvgIpc) is 3.00. The molecule has 0 aliphatic carbocycles. The molecule has 0 spiro atoms. The van der Waals surface area contributed by atoms with Gasteiger partial charge in [0.25, 0.3) is 11.8 Å². The summed E-state index contributed by atoms with van der Waals surface area (Å²) < 4.78 is 5.08. The molecule has 31 heavy (non-hydrogen) atoms. The number of carbonyl (C=O) groups excluding carboxylic acids is 4. The lowest BCUT2D eigenvalue weighted by atomic mass is 10.0. The van der Waals surface area contributed by atoms with Crippen LogP contribution in [0.1, 0.15) is 52.0 Å². The van der Waals surface area contributed by atoms with E-state index in [2.05, 4.69) is 15.5 Å². The summed E-state index contributed by atoms with van der Waals surface area (Å²) in [5, 5.41) is 5.72. The van der Waals surface area contributed by atoms with Crippen LogP contribution in [0.5, 0.6) is 0 Å². The first-order chi connectivity index (χ1) is 15.0. The number of imide groups is 2. The van der Waals surface area contributed by atoms with Crippen molar-refractivity contribution in [2.45, 2.75) is 44.3 Å². The summed E-state index contributed by atoms with van der Waals surface area (Å²) >= 11 is 0. The van der Waals surface area contributed by atoms with Gasteiger partial charge in [0.2, 0.25) is 11.8 Å². The van der Waals surface area contributed by atoms with Crippen molar-refractivity contribution in [1.29, 1.82) is 0 Å². The van der Waals surface area contributed by atoms with Gasteiger partial charge in [0, 0.05) is 32.7 Å². The van der Waals surface area contributed by atoms with E-state index in [0.29, 0.717) is 30.3 Å². The summed E-state index contributed by atoms with van der Waals surface area (Å²) in [7, 11) is 1.70. The van der Waals surface area contributed by atoms with E-state index < -0.39 is 23.8 Å². The van der Waals surface area contributed by atoms with E-state index in [9.17, 15) is 19.2 Å². The Morgan fingerprint density at radius 1 is 1.06 bits per heavy atom. The molecule has 1 aromatic carbocycles. The second-order valence-corrected chi connectivity index (χ2v) is 8.32. The number of methoxy groups -OCH3 is 1. The van der Waals surface area contributed by atoms with Crippen molar-refractivity contribution in [1.82, 2.24) is 20.4 Å². The number of benzene rings is 1. The zero-order chi connectivity index (χ0) is 22.0. The number of likely N-dealkylation sites (tertiary alicyclic amines) is 1. The number of carbonyl (C=O) groups is 4. The van der Waals surface area contributed by atoms with Crippen LogP contribution in [0.25, 0.3) is 0 Å². The van der Waals surface area contributed by atoms with Crippen LogP contribution < -0.4 is 10.6 Å². The SMILES string of the molecule is COCCNC1CCN(Cc2ccc3c(c2)C(=O)N(C2CCC(=O)NC2=O)C3=O)CC1. The lowest BCUT2D eigenvalue weighted by Crippen LogP contribution is -2.54. The molecule has 2 fully saturated rings. The Hall–Kier alpha value is -2.62. The van der Waals surface area contributed by atoms with E-state index in [1.54, 1.807) is 19.2 Å². The van der Waals surface area contributed by atoms with Crippen LogP contribution >= 0.6 is 0 Å². The van der Waals surface area contributed by atoms with E-state index in [-0.39, 0.29) is 18.7 Å². The topological polar surface area (TPSA) is 108 Å². The Balaban J connectivity index is 1.39. The molecule has 3 aliphatic heterocycles. The van der Waals surface area contributed by atoms with E-state index >= 15 is 0 Å². The predicted octanol–water partition coefficient (Wildman–Crippen LogP) is 0.288. The summed E-state index contributed by atoms with van der Waals surface area (Å²) in [5.41, 5.74) is 1.62. The molecule has 166 valence electrons. The quantitative estimate of drug-likeness (QED) is 0.475. The average molecular weight is 428 g/mol. The normalized spacial score (nSPS) is 22.7. The summed E-state index contributed by atoms with van der Waals surface area (Å²) in [5.74, 6) is -1.90. The van der Waals surface area contributed by atoms with E-state index in [0.717, 1.165) is 42.9 Å². The molecular formula is C22H28N4O5. The number of hydrogen-bond donors (Lipinski definition) is 2. The van der Waals surface area contributed by atoms with Gasteiger partial charge in [0.15, 0.2) is 0 Å². The van der Waals surface area contributed by atoms with Crippen molar-refractivity contribution in [2.24, 2.45) is 0 Å². The molecule has 1 aromatic rings. The molecule has 1 atom stereocenters. The van der Waals surface area contributed by atoms with Crippen LogP contribution in [0.3, 0.4) is 0 Å². The lowest BCUT2D eigenvalue weighted by molar-refractivity contribution is -0.136. The van der Waals surface area contributed by atoms with Crippen molar-refractivity contribution >= 4 is 23.6 Å². The number of hydrogen-bond acceptors (Lipinski definition) is 7. The number of amides is 4. The van der Waals surface area contributed by atoms with Gasteiger partial charge in [-0.2, -0.15) is 0 Å². The van der Waals surface area contributed by atoms with Gasteiger partial charge in [-0.3, -0.25) is 34.3 Å². The first-order valence-corrected chi connectivity index (χ1v) is 10.8. The number of ether oxygens (including phenoxy) is 1. The molecule has 9 nitrogen and oxygen atoms in total. The first kappa shape index (κ1) is 21.6. The van der Waals surface area contributed by atoms with Crippen LogP contribution in [-0.4, -0.2) is 78.9 Å². The Bertz CT molecular complexity index is 894. The summed E-state index contributed by atoms with van der Waals surface area (Å²) in [6.45, 7) is 4.18. The third-order valence-electron chi connectivity index (χ3n) is 6.24. The predicted molar refractivity (Wildman–Crippen MR) is 111 cm³/mol. The van der Waals surface area contributed by atoms with Crippen LogP contribution in [0.2, 0.25) is 0 Å².